The van der Waals surface area contributed by atoms with Crippen LogP contribution in [0.5, 0.6) is 0 Å². The molecule has 2 N–H and O–H groups in total. The summed E-state index contributed by atoms with van der Waals surface area (Å²) < 4.78 is 1.02. The average molecular weight is 514 g/mol. The Hall–Kier alpha value is -2.62. The summed E-state index contributed by atoms with van der Waals surface area (Å²) in [6.07, 6.45) is 6.55. The van der Waals surface area contributed by atoms with Crippen molar-refractivity contribution >= 4 is 62.3 Å². The number of nitrogens with zero attached hydrogens (tertiary/aromatic N) is 4. The number of nitrogen functional groups attached to an aromatic ring is 1. The zero-order valence-corrected chi connectivity index (χ0v) is 20.1. The van der Waals surface area contributed by atoms with Crippen LogP contribution in [0, 0.1) is 0 Å². The number of rotatable bonds is 6. The molecule has 32 heavy (non-hydrogen) atoms. The summed E-state index contributed by atoms with van der Waals surface area (Å²) in [5.74, 6) is 0.388. The molecule has 3 aromatic rings. The molecule has 1 unspecified atom stereocenters. The van der Waals surface area contributed by atoms with Crippen molar-refractivity contribution in [3.05, 3.63) is 57.0 Å². The highest BCUT2D eigenvalue weighted by molar-refractivity contribution is 9.11. The number of thiophene rings is 1. The van der Waals surface area contributed by atoms with E-state index in [1.54, 1.807) is 17.4 Å². The van der Waals surface area contributed by atoms with Crippen LogP contribution in [-0.2, 0) is 16.1 Å². The number of carbonyl (C=O) groups is 2. The minimum atomic E-state index is -0.367. The van der Waals surface area contributed by atoms with Gasteiger partial charge < -0.3 is 15.4 Å². The summed E-state index contributed by atoms with van der Waals surface area (Å²) in [6, 6.07) is 9.27. The first-order valence-corrected chi connectivity index (χ1v) is 12.0. The molecular weight excluding hydrogens is 490 g/mol. The molecule has 0 saturated carbocycles. The topological polar surface area (TPSA) is 92.4 Å². The van der Waals surface area contributed by atoms with E-state index in [4.69, 9.17) is 5.73 Å². The van der Waals surface area contributed by atoms with Crippen LogP contribution < -0.4 is 5.73 Å². The van der Waals surface area contributed by atoms with E-state index in [-0.39, 0.29) is 18.0 Å². The van der Waals surface area contributed by atoms with E-state index in [1.807, 2.05) is 48.2 Å². The maximum absolute atomic E-state index is 12.9. The van der Waals surface area contributed by atoms with Gasteiger partial charge in [0, 0.05) is 36.0 Å². The molecule has 0 spiro atoms. The van der Waals surface area contributed by atoms with Crippen LogP contribution >= 0.6 is 27.3 Å². The Bertz CT molecular complexity index is 1160. The molecule has 7 nitrogen and oxygen atoms in total. The van der Waals surface area contributed by atoms with Gasteiger partial charge in [-0.2, -0.15) is 0 Å². The second-order valence-electron chi connectivity index (χ2n) is 7.69. The van der Waals surface area contributed by atoms with Gasteiger partial charge >= 0.3 is 0 Å². The van der Waals surface area contributed by atoms with E-state index in [0.717, 1.165) is 31.4 Å². The zero-order chi connectivity index (χ0) is 22.7. The van der Waals surface area contributed by atoms with E-state index >= 15 is 0 Å². The second-order valence-corrected chi connectivity index (χ2v) is 10.2. The summed E-state index contributed by atoms with van der Waals surface area (Å²) >= 11 is 5.00. The normalized spacial score (nSPS) is 19.6. The van der Waals surface area contributed by atoms with Crippen molar-refractivity contribution < 1.29 is 9.59 Å². The Morgan fingerprint density at radius 2 is 2.12 bits per heavy atom. The molecule has 1 amide bonds. The van der Waals surface area contributed by atoms with Crippen LogP contribution in [0.25, 0.3) is 17.0 Å². The highest BCUT2D eigenvalue weighted by Gasteiger charge is 2.37. The lowest BCUT2D eigenvalue weighted by Gasteiger charge is -2.45. The van der Waals surface area contributed by atoms with Gasteiger partial charge in [-0.15, -0.1) is 11.3 Å². The van der Waals surface area contributed by atoms with Crippen LogP contribution in [-0.4, -0.2) is 57.1 Å². The predicted octanol–water partition coefficient (Wildman–Crippen LogP) is 3.74. The predicted molar refractivity (Wildman–Crippen MR) is 131 cm³/mol. The van der Waals surface area contributed by atoms with Crippen LogP contribution in [0.1, 0.15) is 23.8 Å². The van der Waals surface area contributed by atoms with E-state index in [2.05, 4.69) is 30.8 Å². The maximum Gasteiger partial charge on any atom is 0.246 e. The Morgan fingerprint density at radius 3 is 2.84 bits per heavy atom. The SMILES string of the molecule is CC[C@H]1C(C=O)N(Cc2ccc3c(N)ncnc3c2)CCN1C(=O)C=Cc1ccc(Br)s1. The first kappa shape index (κ1) is 22.6. The lowest BCUT2D eigenvalue weighted by atomic mass is 9.98. The Balaban J connectivity index is 1.50. The number of hydrogen-bond acceptors (Lipinski definition) is 7. The molecule has 0 aliphatic carbocycles. The van der Waals surface area contributed by atoms with Gasteiger partial charge in [-0.05, 0) is 58.3 Å². The van der Waals surface area contributed by atoms with Gasteiger partial charge in [0.05, 0.1) is 21.4 Å². The summed E-state index contributed by atoms with van der Waals surface area (Å²) in [5.41, 5.74) is 7.75. The van der Waals surface area contributed by atoms with Crippen molar-refractivity contribution in [1.29, 1.82) is 0 Å². The van der Waals surface area contributed by atoms with Crippen LogP contribution in [0.4, 0.5) is 5.82 Å². The fraction of sp³-hybridized carbons (Fsp3) is 0.304. The number of aromatic nitrogens is 2. The van der Waals surface area contributed by atoms with Gasteiger partial charge in [0.2, 0.25) is 5.91 Å². The number of halogens is 1. The van der Waals surface area contributed by atoms with E-state index in [0.29, 0.717) is 31.9 Å². The van der Waals surface area contributed by atoms with E-state index < -0.39 is 0 Å². The third-order valence-electron chi connectivity index (χ3n) is 5.79. The fourth-order valence-electron chi connectivity index (χ4n) is 4.20. The Labute approximate surface area is 199 Å². The Morgan fingerprint density at radius 1 is 1.28 bits per heavy atom. The molecule has 4 rings (SSSR count). The number of anilines is 1. The monoisotopic (exact) mass is 513 g/mol. The molecule has 3 heterocycles. The number of piperazine rings is 1. The highest BCUT2D eigenvalue weighted by atomic mass is 79.9. The smallest absolute Gasteiger partial charge is 0.246 e. The molecule has 0 radical (unpaired) electrons. The molecular formula is C23H24BrN5O2S. The third-order valence-corrected chi connectivity index (χ3v) is 7.38. The molecule has 1 aliphatic heterocycles. The molecule has 2 aromatic heterocycles. The lowest BCUT2D eigenvalue weighted by molar-refractivity contribution is -0.135. The van der Waals surface area contributed by atoms with Crippen molar-refractivity contribution in [3.8, 4) is 0 Å². The minimum Gasteiger partial charge on any atom is -0.383 e. The summed E-state index contributed by atoms with van der Waals surface area (Å²) in [5, 5.41) is 0.814. The molecule has 2 atom stereocenters. The minimum absolute atomic E-state index is 0.0641. The summed E-state index contributed by atoms with van der Waals surface area (Å²) in [7, 11) is 0. The number of amides is 1. The van der Waals surface area contributed by atoms with Crippen molar-refractivity contribution in [2.24, 2.45) is 0 Å². The van der Waals surface area contributed by atoms with Gasteiger partial charge in [0.25, 0.3) is 0 Å². The maximum atomic E-state index is 12.9. The van der Waals surface area contributed by atoms with Crippen molar-refractivity contribution in [1.82, 2.24) is 19.8 Å². The second kappa shape index (κ2) is 9.89. The number of benzene rings is 1. The van der Waals surface area contributed by atoms with E-state index in [1.165, 1.54) is 6.33 Å². The van der Waals surface area contributed by atoms with Gasteiger partial charge in [-0.1, -0.05) is 13.0 Å². The van der Waals surface area contributed by atoms with Crippen LogP contribution in [0.15, 0.2) is 46.5 Å². The van der Waals surface area contributed by atoms with Gasteiger partial charge in [0.1, 0.15) is 18.4 Å². The Kier molecular flexibility index (Phi) is 6.98. The molecule has 1 saturated heterocycles. The molecule has 1 aliphatic rings. The summed E-state index contributed by atoms with van der Waals surface area (Å²) in [6.45, 7) is 3.80. The fourth-order valence-corrected chi connectivity index (χ4v) is 5.53. The average Bonchev–Trinajstić information content (AvgIpc) is 3.22. The van der Waals surface area contributed by atoms with Crippen LogP contribution in [0.2, 0.25) is 0 Å². The quantitative estimate of drug-likeness (QED) is 0.398. The summed E-state index contributed by atoms with van der Waals surface area (Å²) in [4.78, 5) is 38.3. The number of nitrogens with two attached hydrogens (primary N) is 1. The first-order valence-electron chi connectivity index (χ1n) is 10.4. The third kappa shape index (κ3) is 4.74. The van der Waals surface area contributed by atoms with E-state index in [9.17, 15) is 9.59 Å². The largest absolute Gasteiger partial charge is 0.383 e. The standard InChI is InChI=1S/C23H24BrN5O2S/c1-2-19-20(13-30)28(12-15-3-6-17-18(11-15)26-14-27-23(17)25)9-10-29(19)22(31)8-5-16-4-7-21(24)32-16/h3-8,11,13-14,19-20H,2,9-10,12H2,1H3,(H2,25,26,27)/t19-,20?/m0/s1. The van der Waals surface area contributed by atoms with Crippen molar-refractivity contribution in [3.63, 3.8) is 0 Å². The van der Waals surface area contributed by atoms with Crippen LogP contribution in [0.3, 0.4) is 0 Å². The molecule has 166 valence electrons. The number of carbonyl (C=O) groups excluding carboxylic acids is 2. The highest BCUT2D eigenvalue weighted by Crippen LogP contribution is 2.25. The van der Waals surface area contributed by atoms with Gasteiger partial charge in [-0.3, -0.25) is 9.69 Å². The number of aldehydes is 1. The zero-order valence-electron chi connectivity index (χ0n) is 17.6. The van der Waals surface area contributed by atoms with Gasteiger partial charge in [0.15, 0.2) is 0 Å². The number of hydrogen-bond donors (Lipinski definition) is 1. The first-order chi connectivity index (χ1) is 15.5. The molecule has 0 bridgehead atoms. The lowest BCUT2D eigenvalue weighted by Crippen LogP contribution is -2.60. The molecule has 9 heteroatoms. The van der Waals surface area contributed by atoms with Crippen molar-refractivity contribution in [2.45, 2.75) is 32.0 Å². The number of fused-ring (bicyclic) bond motifs is 1. The van der Waals surface area contributed by atoms with Crippen molar-refractivity contribution in [2.75, 3.05) is 18.8 Å². The molecule has 1 fully saturated rings. The molecule has 1 aromatic carbocycles. The van der Waals surface area contributed by atoms with Gasteiger partial charge in [-0.25, -0.2) is 9.97 Å².